The van der Waals surface area contributed by atoms with E-state index in [-0.39, 0.29) is 5.41 Å². The minimum absolute atomic E-state index is 0.0295. The van der Waals surface area contributed by atoms with Crippen LogP contribution in [0.5, 0.6) is 0 Å². The van der Waals surface area contributed by atoms with Gasteiger partial charge in [0.2, 0.25) is 0 Å². The normalized spacial score (nSPS) is 38.4. The molecule has 0 spiro atoms. The van der Waals surface area contributed by atoms with Gasteiger partial charge < -0.3 is 10.8 Å². The standard InChI is InChI=1S/C8H17NO/c1-7(2)4-3-5-8(7,10)6-9/h10H,3-6,9H2,1-2H3/t8-/m0/s1. The van der Waals surface area contributed by atoms with Crippen LogP contribution in [-0.4, -0.2) is 17.3 Å². The zero-order chi connectivity index (χ0) is 7.83. The molecule has 2 heteroatoms. The van der Waals surface area contributed by atoms with E-state index >= 15 is 0 Å². The van der Waals surface area contributed by atoms with Gasteiger partial charge in [0.15, 0.2) is 0 Å². The minimum atomic E-state index is -0.590. The highest BCUT2D eigenvalue weighted by molar-refractivity contribution is 4.99. The van der Waals surface area contributed by atoms with Crippen LogP contribution in [0.2, 0.25) is 0 Å². The zero-order valence-corrected chi connectivity index (χ0v) is 6.85. The smallest absolute Gasteiger partial charge is 0.0819 e. The summed E-state index contributed by atoms with van der Waals surface area (Å²) in [6.45, 7) is 4.58. The molecule has 1 rings (SSSR count). The van der Waals surface area contributed by atoms with Gasteiger partial charge in [0.1, 0.15) is 0 Å². The Morgan fingerprint density at radius 2 is 2.00 bits per heavy atom. The first-order valence-electron chi connectivity index (χ1n) is 3.94. The van der Waals surface area contributed by atoms with Gasteiger partial charge in [0.25, 0.3) is 0 Å². The van der Waals surface area contributed by atoms with Crippen molar-refractivity contribution in [3.8, 4) is 0 Å². The average Bonchev–Trinajstić information content (AvgIpc) is 2.10. The fourth-order valence-electron chi connectivity index (χ4n) is 1.77. The van der Waals surface area contributed by atoms with Crippen molar-refractivity contribution >= 4 is 0 Å². The Labute approximate surface area is 62.4 Å². The Bertz CT molecular complexity index is 133. The van der Waals surface area contributed by atoms with Crippen LogP contribution in [0.25, 0.3) is 0 Å². The van der Waals surface area contributed by atoms with Crippen LogP contribution in [-0.2, 0) is 0 Å². The van der Waals surface area contributed by atoms with Crippen LogP contribution in [0.1, 0.15) is 33.1 Å². The Kier molecular flexibility index (Phi) is 1.77. The maximum absolute atomic E-state index is 9.90. The molecule has 2 nitrogen and oxygen atoms in total. The molecule has 0 amide bonds. The molecule has 0 radical (unpaired) electrons. The first kappa shape index (κ1) is 8.02. The van der Waals surface area contributed by atoms with E-state index in [4.69, 9.17) is 5.73 Å². The van der Waals surface area contributed by atoms with E-state index in [1.54, 1.807) is 0 Å². The van der Waals surface area contributed by atoms with E-state index in [1.165, 1.54) is 0 Å². The SMILES string of the molecule is CC1(C)CCC[C@]1(O)CN. The van der Waals surface area contributed by atoms with Crippen LogP contribution in [0, 0.1) is 5.41 Å². The van der Waals surface area contributed by atoms with Gasteiger partial charge in [-0.2, -0.15) is 0 Å². The highest BCUT2D eigenvalue weighted by atomic mass is 16.3. The fourth-order valence-corrected chi connectivity index (χ4v) is 1.77. The summed E-state index contributed by atoms with van der Waals surface area (Å²) in [4.78, 5) is 0. The molecule has 1 aliphatic rings. The second kappa shape index (κ2) is 2.21. The van der Waals surface area contributed by atoms with Gasteiger partial charge in [-0.15, -0.1) is 0 Å². The Morgan fingerprint density at radius 3 is 2.20 bits per heavy atom. The molecule has 0 aliphatic heterocycles. The summed E-state index contributed by atoms with van der Waals surface area (Å²) in [6.07, 6.45) is 3.08. The van der Waals surface area contributed by atoms with Gasteiger partial charge >= 0.3 is 0 Å². The van der Waals surface area contributed by atoms with Crippen LogP contribution >= 0.6 is 0 Å². The van der Waals surface area contributed by atoms with Crippen LogP contribution in [0.15, 0.2) is 0 Å². The van der Waals surface area contributed by atoms with Crippen LogP contribution in [0.3, 0.4) is 0 Å². The summed E-state index contributed by atoms with van der Waals surface area (Å²) in [5.41, 5.74) is 4.93. The van der Waals surface area contributed by atoms with E-state index in [2.05, 4.69) is 13.8 Å². The molecule has 1 saturated carbocycles. The lowest BCUT2D eigenvalue weighted by atomic mass is 9.78. The Hall–Kier alpha value is -0.0800. The van der Waals surface area contributed by atoms with Gasteiger partial charge in [-0.25, -0.2) is 0 Å². The van der Waals surface area contributed by atoms with Crippen molar-refractivity contribution in [2.45, 2.75) is 38.7 Å². The van der Waals surface area contributed by atoms with Gasteiger partial charge in [-0.05, 0) is 24.7 Å². The highest BCUT2D eigenvalue weighted by Gasteiger charge is 2.46. The summed E-state index contributed by atoms with van der Waals surface area (Å²) in [5.74, 6) is 0. The van der Waals surface area contributed by atoms with Crippen molar-refractivity contribution in [3.05, 3.63) is 0 Å². The maximum atomic E-state index is 9.90. The molecule has 60 valence electrons. The molecule has 0 saturated heterocycles. The Balaban J connectivity index is 2.76. The molecule has 1 aliphatic carbocycles. The second-order valence-corrected chi connectivity index (χ2v) is 3.97. The molecule has 0 heterocycles. The molecule has 0 aromatic carbocycles. The van der Waals surface area contributed by atoms with Crippen molar-refractivity contribution in [2.75, 3.05) is 6.54 Å². The van der Waals surface area contributed by atoms with Crippen LogP contribution in [0.4, 0.5) is 0 Å². The van der Waals surface area contributed by atoms with E-state index in [1.807, 2.05) is 0 Å². The molecule has 1 fully saturated rings. The summed E-state index contributed by atoms with van der Waals surface area (Å²) in [5, 5.41) is 9.90. The summed E-state index contributed by atoms with van der Waals surface area (Å²) < 4.78 is 0. The topological polar surface area (TPSA) is 46.2 Å². The third kappa shape index (κ3) is 0.956. The van der Waals surface area contributed by atoms with E-state index in [0.717, 1.165) is 19.3 Å². The van der Waals surface area contributed by atoms with E-state index in [9.17, 15) is 5.11 Å². The summed E-state index contributed by atoms with van der Waals surface area (Å²) >= 11 is 0. The third-order valence-electron chi connectivity index (χ3n) is 2.99. The lowest BCUT2D eigenvalue weighted by Crippen LogP contribution is -2.46. The predicted octanol–water partition coefficient (Wildman–Crippen LogP) is 0.886. The molecule has 0 aromatic rings. The molecule has 1 atom stereocenters. The highest BCUT2D eigenvalue weighted by Crippen LogP contribution is 2.44. The van der Waals surface area contributed by atoms with Gasteiger partial charge in [0, 0.05) is 6.54 Å². The number of hydrogen-bond acceptors (Lipinski definition) is 2. The number of rotatable bonds is 1. The second-order valence-electron chi connectivity index (χ2n) is 3.97. The largest absolute Gasteiger partial charge is 0.388 e. The van der Waals surface area contributed by atoms with Gasteiger partial charge in [-0.1, -0.05) is 13.8 Å². The van der Waals surface area contributed by atoms with Crippen molar-refractivity contribution in [2.24, 2.45) is 11.1 Å². The maximum Gasteiger partial charge on any atom is 0.0819 e. The number of nitrogens with two attached hydrogens (primary N) is 1. The Morgan fingerprint density at radius 1 is 1.40 bits per heavy atom. The number of hydrogen-bond donors (Lipinski definition) is 2. The average molecular weight is 143 g/mol. The molecular formula is C8H17NO. The van der Waals surface area contributed by atoms with Crippen molar-refractivity contribution < 1.29 is 5.11 Å². The third-order valence-corrected chi connectivity index (χ3v) is 2.99. The molecule has 10 heavy (non-hydrogen) atoms. The predicted molar refractivity (Wildman–Crippen MR) is 41.6 cm³/mol. The molecule has 0 bridgehead atoms. The lowest BCUT2D eigenvalue weighted by molar-refractivity contribution is -0.0339. The van der Waals surface area contributed by atoms with Crippen LogP contribution < -0.4 is 5.73 Å². The summed E-state index contributed by atoms with van der Waals surface area (Å²) in [7, 11) is 0. The lowest BCUT2D eigenvalue weighted by Gasteiger charge is -2.35. The van der Waals surface area contributed by atoms with E-state index < -0.39 is 5.60 Å². The molecular weight excluding hydrogens is 126 g/mol. The molecule has 0 aromatic heterocycles. The van der Waals surface area contributed by atoms with Crippen molar-refractivity contribution in [1.29, 1.82) is 0 Å². The minimum Gasteiger partial charge on any atom is -0.388 e. The monoisotopic (exact) mass is 143 g/mol. The molecule has 0 unspecified atom stereocenters. The fraction of sp³-hybridized carbons (Fsp3) is 1.00. The number of aliphatic hydroxyl groups is 1. The summed E-state index contributed by atoms with van der Waals surface area (Å²) in [6, 6.07) is 0. The zero-order valence-electron chi connectivity index (χ0n) is 6.85. The van der Waals surface area contributed by atoms with Crippen molar-refractivity contribution in [3.63, 3.8) is 0 Å². The van der Waals surface area contributed by atoms with E-state index in [0.29, 0.717) is 6.54 Å². The first-order valence-corrected chi connectivity index (χ1v) is 3.94. The first-order chi connectivity index (χ1) is 4.52. The molecule has 3 N–H and O–H groups in total. The quantitative estimate of drug-likeness (QED) is 0.572. The van der Waals surface area contributed by atoms with Gasteiger partial charge in [-0.3, -0.25) is 0 Å². The van der Waals surface area contributed by atoms with Crippen molar-refractivity contribution in [1.82, 2.24) is 0 Å². The van der Waals surface area contributed by atoms with Gasteiger partial charge in [0.05, 0.1) is 5.60 Å².